The highest BCUT2D eigenvalue weighted by atomic mass is 79.9. The van der Waals surface area contributed by atoms with Crippen LogP contribution < -0.4 is 5.43 Å². The van der Waals surface area contributed by atoms with E-state index in [1.807, 2.05) is 54.7 Å². The lowest BCUT2D eigenvalue weighted by atomic mass is 10.2. The van der Waals surface area contributed by atoms with Gasteiger partial charge in [0.05, 0.1) is 20.7 Å². The van der Waals surface area contributed by atoms with Gasteiger partial charge in [0.15, 0.2) is 5.76 Å². The van der Waals surface area contributed by atoms with Gasteiger partial charge in [-0.05, 0) is 57.9 Å². The molecule has 170 valence electrons. The molecule has 0 atom stereocenters. The number of nitrogens with one attached hydrogen (secondary N) is 1. The summed E-state index contributed by atoms with van der Waals surface area (Å²) >= 11 is 19.1. The molecule has 1 N–H and O–H groups in total. The lowest BCUT2D eigenvalue weighted by molar-refractivity contribution is 0.0929. The predicted octanol–water partition coefficient (Wildman–Crippen LogP) is 8.03. The van der Waals surface area contributed by atoms with Crippen LogP contribution in [0.15, 0.2) is 85.3 Å². The highest BCUT2D eigenvalue weighted by Gasteiger charge is 2.14. The highest BCUT2D eigenvalue weighted by molar-refractivity contribution is 9.11. The minimum absolute atomic E-state index is 0.174. The van der Waals surface area contributed by atoms with Crippen LogP contribution in [0.5, 0.6) is 0 Å². The lowest BCUT2D eigenvalue weighted by Gasteiger charge is -2.06. The van der Waals surface area contributed by atoms with Crippen LogP contribution in [0.2, 0.25) is 10.0 Å². The monoisotopic (exact) mass is 617 g/mol. The van der Waals surface area contributed by atoms with Gasteiger partial charge in [0.1, 0.15) is 5.58 Å². The molecule has 0 spiro atoms. The van der Waals surface area contributed by atoms with Crippen molar-refractivity contribution in [3.05, 3.63) is 103 Å². The summed E-state index contributed by atoms with van der Waals surface area (Å²) in [5, 5.41) is 7.03. The molecule has 2 heterocycles. The fourth-order valence-corrected chi connectivity index (χ4v) is 5.41. The molecule has 0 saturated carbocycles. The van der Waals surface area contributed by atoms with E-state index in [1.54, 1.807) is 18.3 Å². The number of hydrazone groups is 1. The van der Waals surface area contributed by atoms with E-state index < -0.39 is 5.91 Å². The Bertz CT molecular complexity index is 1590. The van der Waals surface area contributed by atoms with E-state index in [1.165, 1.54) is 0 Å². The van der Waals surface area contributed by atoms with Crippen LogP contribution in [0.4, 0.5) is 0 Å². The maximum absolute atomic E-state index is 12.6. The molecular formula is C25H15Br2Cl2N3O2. The third-order valence-corrected chi connectivity index (χ3v) is 7.07. The Balaban J connectivity index is 1.38. The summed E-state index contributed by atoms with van der Waals surface area (Å²) in [6.45, 7) is 0.612. The Morgan fingerprint density at radius 1 is 1.06 bits per heavy atom. The summed E-state index contributed by atoms with van der Waals surface area (Å²) in [6.07, 6.45) is 3.61. The van der Waals surface area contributed by atoms with Crippen molar-refractivity contribution in [2.45, 2.75) is 6.54 Å². The summed E-state index contributed by atoms with van der Waals surface area (Å²) in [7, 11) is 0. The second kappa shape index (κ2) is 9.58. The standard InChI is InChI=1S/C25H15Br2Cl2N3O2/c26-17-8-15-9-23(34-24(15)19(27)10-17)25(33)31-30-11-16-13-32(22-4-2-1-3-18(16)22)12-14-5-6-20(28)21(29)7-14/h1-11,13H,12H2,(H,31,33)/b30-11-. The number of hydrogen-bond donors (Lipinski definition) is 1. The lowest BCUT2D eigenvalue weighted by Crippen LogP contribution is -2.16. The van der Waals surface area contributed by atoms with Gasteiger partial charge in [0.2, 0.25) is 0 Å². The zero-order valence-corrected chi connectivity index (χ0v) is 22.0. The van der Waals surface area contributed by atoms with E-state index in [-0.39, 0.29) is 5.76 Å². The number of hydrogen-bond acceptors (Lipinski definition) is 3. The summed E-state index contributed by atoms with van der Waals surface area (Å²) in [5.74, 6) is -0.261. The number of furan rings is 1. The first-order chi connectivity index (χ1) is 16.4. The maximum Gasteiger partial charge on any atom is 0.307 e. The first-order valence-electron chi connectivity index (χ1n) is 10.1. The van der Waals surface area contributed by atoms with E-state index >= 15 is 0 Å². The first kappa shape index (κ1) is 23.2. The molecule has 34 heavy (non-hydrogen) atoms. The van der Waals surface area contributed by atoms with Gasteiger partial charge >= 0.3 is 5.91 Å². The van der Waals surface area contributed by atoms with Crippen LogP contribution in [0, 0.1) is 0 Å². The number of carbonyl (C=O) groups excluding carboxylic acids is 1. The molecule has 0 aliphatic heterocycles. The third-order valence-electron chi connectivity index (χ3n) is 5.29. The van der Waals surface area contributed by atoms with Crippen molar-refractivity contribution in [2.75, 3.05) is 0 Å². The quantitative estimate of drug-likeness (QED) is 0.160. The van der Waals surface area contributed by atoms with Crippen molar-refractivity contribution in [3.8, 4) is 0 Å². The van der Waals surface area contributed by atoms with Crippen LogP contribution in [0.1, 0.15) is 21.7 Å². The molecule has 1 amide bonds. The zero-order chi connectivity index (χ0) is 23.8. The number of aromatic nitrogens is 1. The summed E-state index contributed by atoms with van der Waals surface area (Å²) in [4.78, 5) is 12.6. The van der Waals surface area contributed by atoms with E-state index in [4.69, 9.17) is 27.6 Å². The zero-order valence-electron chi connectivity index (χ0n) is 17.4. The molecule has 0 radical (unpaired) electrons. The Labute approximate surface area is 221 Å². The molecule has 9 heteroatoms. The Kier molecular flexibility index (Phi) is 6.53. The van der Waals surface area contributed by atoms with Crippen LogP contribution in [0.3, 0.4) is 0 Å². The van der Waals surface area contributed by atoms with Crippen LogP contribution >= 0.6 is 55.1 Å². The number of halogens is 4. The van der Waals surface area contributed by atoms with Crippen molar-refractivity contribution in [2.24, 2.45) is 5.10 Å². The molecule has 5 rings (SSSR count). The fraction of sp³-hybridized carbons (Fsp3) is 0.0400. The normalized spacial score (nSPS) is 11.6. The number of amides is 1. The van der Waals surface area contributed by atoms with Crippen molar-refractivity contribution in [3.63, 3.8) is 0 Å². The number of carbonyl (C=O) groups is 1. The molecule has 2 aromatic heterocycles. The van der Waals surface area contributed by atoms with Crippen molar-refractivity contribution in [1.29, 1.82) is 0 Å². The molecule has 5 aromatic rings. The molecule has 3 aromatic carbocycles. The van der Waals surface area contributed by atoms with Gasteiger partial charge in [0, 0.05) is 39.1 Å². The number of fused-ring (bicyclic) bond motifs is 2. The molecular weight excluding hydrogens is 605 g/mol. The number of rotatable bonds is 5. The number of para-hydroxylation sites is 1. The van der Waals surface area contributed by atoms with Gasteiger partial charge in [-0.15, -0.1) is 0 Å². The third kappa shape index (κ3) is 4.66. The van der Waals surface area contributed by atoms with Crippen molar-refractivity contribution in [1.82, 2.24) is 9.99 Å². The second-order valence-corrected chi connectivity index (χ2v) is 10.2. The minimum Gasteiger partial charge on any atom is -0.450 e. The molecule has 5 nitrogen and oxygen atoms in total. The number of benzene rings is 3. The van der Waals surface area contributed by atoms with Gasteiger partial charge in [-0.1, -0.05) is 63.4 Å². The van der Waals surface area contributed by atoms with Gasteiger partial charge in [-0.2, -0.15) is 5.10 Å². The molecule has 0 aliphatic carbocycles. The van der Waals surface area contributed by atoms with Gasteiger partial charge in [-0.25, -0.2) is 5.43 Å². The van der Waals surface area contributed by atoms with E-state index in [2.05, 4.69) is 47.0 Å². The predicted molar refractivity (Wildman–Crippen MR) is 144 cm³/mol. The van der Waals surface area contributed by atoms with E-state index in [0.717, 1.165) is 36.4 Å². The van der Waals surface area contributed by atoms with Crippen LogP contribution in [0.25, 0.3) is 21.9 Å². The summed E-state index contributed by atoms with van der Waals surface area (Å²) in [5.41, 5.74) is 6.07. The molecule has 0 fully saturated rings. The second-order valence-electron chi connectivity index (χ2n) is 7.59. The average Bonchev–Trinajstić information content (AvgIpc) is 3.39. The summed E-state index contributed by atoms with van der Waals surface area (Å²) < 4.78 is 9.45. The maximum atomic E-state index is 12.6. The highest BCUT2D eigenvalue weighted by Crippen LogP contribution is 2.31. The molecule has 0 aliphatic rings. The number of nitrogens with zero attached hydrogens (tertiary/aromatic N) is 2. The van der Waals surface area contributed by atoms with Crippen molar-refractivity contribution < 1.29 is 9.21 Å². The molecule has 0 bridgehead atoms. The van der Waals surface area contributed by atoms with E-state index in [0.29, 0.717) is 22.2 Å². The van der Waals surface area contributed by atoms with Gasteiger partial charge in [-0.3, -0.25) is 4.79 Å². The average molecular weight is 620 g/mol. The Hall–Kier alpha value is -2.58. The molecule has 0 unspecified atom stereocenters. The van der Waals surface area contributed by atoms with Gasteiger partial charge in [0.25, 0.3) is 0 Å². The van der Waals surface area contributed by atoms with Gasteiger partial charge < -0.3 is 8.98 Å². The fourth-order valence-electron chi connectivity index (χ4n) is 3.75. The topological polar surface area (TPSA) is 59.5 Å². The Morgan fingerprint density at radius 3 is 2.71 bits per heavy atom. The minimum atomic E-state index is -0.435. The van der Waals surface area contributed by atoms with Crippen LogP contribution in [-0.2, 0) is 6.54 Å². The Morgan fingerprint density at radius 2 is 1.88 bits per heavy atom. The van der Waals surface area contributed by atoms with Crippen LogP contribution in [-0.4, -0.2) is 16.7 Å². The van der Waals surface area contributed by atoms with E-state index in [9.17, 15) is 4.79 Å². The van der Waals surface area contributed by atoms with Crippen molar-refractivity contribution >= 4 is 89.1 Å². The summed E-state index contributed by atoms with van der Waals surface area (Å²) in [6, 6.07) is 19.0. The first-order valence-corrected chi connectivity index (χ1v) is 12.5. The SMILES string of the molecule is O=C(N/N=C\c1cn(Cc2ccc(Cl)c(Cl)c2)c2ccccc12)c1cc2cc(Br)cc(Br)c2o1. The largest absolute Gasteiger partial charge is 0.450 e. The smallest absolute Gasteiger partial charge is 0.307 e. The molecule has 0 saturated heterocycles.